The van der Waals surface area contributed by atoms with Gasteiger partial charge >= 0.3 is 11.7 Å². The topological polar surface area (TPSA) is 151 Å². The number of fused-ring (bicyclic) bond motifs is 1. The highest BCUT2D eigenvalue weighted by Crippen LogP contribution is 2.41. The number of hydrogen-bond acceptors (Lipinski definition) is 8. The van der Waals surface area contributed by atoms with Gasteiger partial charge in [0.2, 0.25) is 11.8 Å². The Bertz CT molecular complexity index is 1350. The van der Waals surface area contributed by atoms with Gasteiger partial charge in [-0.05, 0) is 17.7 Å². The number of para-hydroxylation sites is 1. The van der Waals surface area contributed by atoms with Crippen LogP contribution in [0.3, 0.4) is 0 Å². The number of carbonyl (C=O) groups is 3. The van der Waals surface area contributed by atoms with Crippen LogP contribution in [0.1, 0.15) is 17.0 Å². The van der Waals surface area contributed by atoms with E-state index in [9.17, 15) is 34.4 Å². The number of aromatic hydroxyl groups is 1. The fourth-order valence-electron chi connectivity index (χ4n) is 3.97. The Kier molecular flexibility index (Phi) is 5.16. The van der Waals surface area contributed by atoms with E-state index >= 15 is 0 Å². The maximum Gasteiger partial charge on any atom is 0.343 e. The molecule has 0 spiro atoms. The summed E-state index contributed by atoms with van der Waals surface area (Å²) in [6.45, 7) is 0. The summed E-state index contributed by atoms with van der Waals surface area (Å²) in [5.41, 5.74) is -1.35. The first-order valence-electron chi connectivity index (χ1n) is 9.71. The average molecular weight is 451 g/mol. The van der Waals surface area contributed by atoms with Crippen LogP contribution in [0.2, 0.25) is 0 Å². The average Bonchev–Trinajstić information content (AvgIpc) is 2.80. The third-order valence-corrected chi connectivity index (χ3v) is 5.69. The first kappa shape index (κ1) is 21.7. The van der Waals surface area contributed by atoms with E-state index in [4.69, 9.17) is 4.42 Å². The Morgan fingerprint density at radius 2 is 1.55 bits per heavy atom. The molecule has 0 radical (unpaired) electrons. The fourth-order valence-corrected chi connectivity index (χ4v) is 3.97. The maximum atomic E-state index is 13.1. The van der Waals surface area contributed by atoms with Gasteiger partial charge in [0.25, 0.3) is 5.69 Å². The van der Waals surface area contributed by atoms with Gasteiger partial charge in [0.05, 0.1) is 15.9 Å². The number of nitro benzene ring substituents is 1. The number of nitro groups is 1. The van der Waals surface area contributed by atoms with Crippen molar-refractivity contribution in [3.05, 3.63) is 80.2 Å². The largest absolute Gasteiger partial charge is 0.507 e. The second-order valence-corrected chi connectivity index (χ2v) is 7.53. The predicted molar refractivity (Wildman–Crippen MR) is 114 cm³/mol. The lowest BCUT2D eigenvalue weighted by Crippen LogP contribution is -2.58. The van der Waals surface area contributed by atoms with E-state index in [1.807, 2.05) is 0 Å². The molecule has 1 atom stereocenters. The molecule has 11 nitrogen and oxygen atoms in total. The monoisotopic (exact) mass is 451 g/mol. The number of non-ortho nitro benzene ring substituents is 1. The molecule has 4 amide bonds. The van der Waals surface area contributed by atoms with Gasteiger partial charge in [-0.1, -0.05) is 24.3 Å². The number of hydrogen-bond donors (Lipinski definition) is 1. The molecule has 0 bridgehead atoms. The minimum Gasteiger partial charge on any atom is -0.507 e. The molecule has 0 saturated carbocycles. The lowest BCUT2D eigenvalue weighted by molar-refractivity contribution is -0.384. The quantitative estimate of drug-likeness (QED) is 0.274. The highest BCUT2D eigenvalue weighted by molar-refractivity contribution is 6.16. The fraction of sp³-hybridized carbons (Fsp3) is 0.182. The third kappa shape index (κ3) is 3.39. The van der Waals surface area contributed by atoms with Crippen LogP contribution in [-0.2, 0) is 9.59 Å². The van der Waals surface area contributed by atoms with Crippen molar-refractivity contribution >= 4 is 34.5 Å². The molecule has 1 aromatic heterocycles. The van der Waals surface area contributed by atoms with Gasteiger partial charge in [-0.15, -0.1) is 0 Å². The minimum atomic E-state index is -1.60. The van der Waals surface area contributed by atoms with Crippen LogP contribution < -0.4 is 5.63 Å². The maximum absolute atomic E-state index is 13.1. The standard InChI is InChI=1S/C22H17N3O8/c1-23-19(27)17(20(28)24(2)22(23)30)15(11-7-9-12(10-8-11)25(31)32)16-18(26)13-5-3-4-6-14(13)33-21(16)29/h3-10,15,17,26H,1-2H3. The Balaban J connectivity index is 2.01. The zero-order valence-corrected chi connectivity index (χ0v) is 17.4. The molecular formula is C22H17N3O8. The highest BCUT2D eigenvalue weighted by Gasteiger charge is 2.49. The second-order valence-electron chi connectivity index (χ2n) is 7.53. The van der Waals surface area contributed by atoms with E-state index in [0.717, 1.165) is 21.9 Å². The molecule has 1 saturated heterocycles. The summed E-state index contributed by atoms with van der Waals surface area (Å²) >= 11 is 0. The molecule has 1 fully saturated rings. The summed E-state index contributed by atoms with van der Waals surface area (Å²) in [4.78, 5) is 63.3. The first-order chi connectivity index (χ1) is 15.6. The molecule has 168 valence electrons. The van der Waals surface area contributed by atoms with Crippen LogP contribution in [-0.4, -0.2) is 51.8 Å². The summed E-state index contributed by atoms with van der Waals surface area (Å²) in [6, 6.07) is 10.2. The van der Waals surface area contributed by atoms with Crippen LogP contribution in [0, 0.1) is 16.0 Å². The highest BCUT2D eigenvalue weighted by atomic mass is 16.6. The molecule has 0 aliphatic carbocycles. The van der Waals surface area contributed by atoms with Crippen molar-refractivity contribution in [1.82, 2.24) is 9.80 Å². The van der Waals surface area contributed by atoms with Crippen molar-refractivity contribution in [1.29, 1.82) is 0 Å². The Morgan fingerprint density at radius 3 is 2.12 bits per heavy atom. The number of carbonyl (C=O) groups excluding carboxylic acids is 3. The van der Waals surface area contributed by atoms with Crippen molar-refractivity contribution < 1.29 is 28.8 Å². The molecule has 2 heterocycles. The smallest absolute Gasteiger partial charge is 0.343 e. The second kappa shape index (κ2) is 7.86. The van der Waals surface area contributed by atoms with Crippen molar-refractivity contribution in [2.24, 2.45) is 5.92 Å². The van der Waals surface area contributed by atoms with Gasteiger partial charge in [0.15, 0.2) is 0 Å². The molecule has 33 heavy (non-hydrogen) atoms. The summed E-state index contributed by atoms with van der Waals surface area (Å²) in [5, 5.41) is 22.3. The van der Waals surface area contributed by atoms with E-state index in [1.54, 1.807) is 12.1 Å². The third-order valence-electron chi connectivity index (χ3n) is 5.69. The van der Waals surface area contributed by atoms with Gasteiger partial charge < -0.3 is 9.52 Å². The Labute approximate surface area is 185 Å². The lowest BCUT2D eigenvalue weighted by atomic mass is 9.78. The number of nitrogens with zero attached hydrogens (tertiary/aromatic N) is 3. The van der Waals surface area contributed by atoms with Crippen LogP contribution >= 0.6 is 0 Å². The Hall–Kier alpha value is -4.54. The number of rotatable bonds is 4. The van der Waals surface area contributed by atoms with Crippen LogP contribution in [0.4, 0.5) is 10.5 Å². The zero-order chi connectivity index (χ0) is 24.0. The SMILES string of the molecule is CN1C(=O)C(C(c2ccc([N+](=O)[O-])cc2)c2c(O)c3ccccc3oc2=O)C(=O)N(C)C1=O. The molecule has 1 aliphatic rings. The van der Waals surface area contributed by atoms with E-state index in [-0.39, 0.29) is 27.8 Å². The molecule has 1 N–H and O–H groups in total. The molecule has 1 aliphatic heterocycles. The molecule has 11 heteroatoms. The molecular weight excluding hydrogens is 434 g/mol. The minimum absolute atomic E-state index is 0.0944. The van der Waals surface area contributed by atoms with E-state index in [1.165, 1.54) is 38.4 Å². The normalized spacial score (nSPS) is 15.9. The molecule has 1 unspecified atom stereocenters. The van der Waals surface area contributed by atoms with Gasteiger partial charge in [0.1, 0.15) is 17.3 Å². The summed E-state index contributed by atoms with van der Waals surface area (Å²) in [5.74, 6) is -5.26. The number of urea groups is 1. The summed E-state index contributed by atoms with van der Waals surface area (Å²) in [6.07, 6.45) is 0. The molecule has 3 aromatic rings. The van der Waals surface area contributed by atoms with Gasteiger partial charge in [-0.2, -0.15) is 0 Å². The first-order valence-corrected chi connectivity index (χ1v) is 9.71. The summed E-state index contributed by atoms with van der Waals surface area (Å²) < 4.78 is 5.33. The van der Waals surface area contributed by atoms with Crippen LogP contribution in [0.15, 0.2) is 57.7 Å². The number of benzene rings is 2. The van der Waals surface area contributed by atoms with E-state index in [0.29, 0.717) is 0 Å². The Morgan fingerprint density at radius 1 is 0.970 bits per heavy atom. The van der Waals surface area contributed by atoms with Crippen molar-refractivity contribution in [3.63, 3.8) is 0 Å². The van der Waals surface area contributed by atoms with Gasteiger partial charge in [-0.3, -0.25) is 29.5 Å². The molecule has 2 aromatic carbocycles. The zero-order valence-electron chi connectivity index (χ0n) is 17.4. The number of imide groups is 2. The summed E-state index contributed by atoms with van der Waals surface area (Å²) in [7, 11) is 2.38. The van der Waals surface area contributed by atoms with Gasteiger partial charge in [-0.25, -0.2) is 9.59 Å². The van der Waals surface area contributed by atoms with Crippen LogP contribution in [0.5, 0.6) is 5.75 Å². The van der Waals surface area contributed by atoms with Gasteiger partial charge in [0, 0.05) is 32.1 Å². The van der Waals surface area contributed by atoms with Crippen LogP contribution in [0.25, 0.3) is 11.0 Å². The van der Waals surface area contributed by atoms with E-state index < -0.39 is 46.0 Å². The number of barbiturate groups is 1. The van der Waals surface area contributed by atoms with E-state index in [2.05, 4.69) is 0 Å². The van der Waals surface area contributed by atoms with Crippen molar-refractivity contribution in [2.75, 3.05) is 14.1 Å². The lowest BCUT2D eigenvalue weighted by Gasteiger charge is -2.36. The predicted octanol–water partition coefficient (Wildman–Crippen LogP) is 2.21. The van der Waals surface area contributed by atoms with Crippen molar-refractivity contribution in [3.8, 4) is 5.75 Å². The molecule has 4 rings (SSSR count). The number of amides is 4. The van der Waals surface area contributed by atoms with Crippen molar-refractivity contribution in [2.45, 2.75) is 5.92 Å².